The Kier molecular flexibility index (Phi) is 4.94. The number of amides is 1. The molecule has 28 heavy (non-hydrogen) atoms. The van der Waals surface area contributed by atoms with Gasteiger partial charge < -0.3 is 20.5 Å². The zero-order chi connectivity index (χ0) is 19.7. The van der Waals surface area contributed by atoms with Gasteiger partial charge in [-0.25, -0.2) is 4.79 Å². The molecule has 146 valence electrons. The fraction of sp³-hybridized carbons (Fsp3) is 0.364. The number of aromatic hydroxyl groups is 1. The van der Waals surface area contributed by atoms with Crippen molar-refractivity contribution in [3.8, 4) is 5.75 Å². The molecule has 1 aromatic heterocycles. The number of likely N-dealkylation sites (tertiary alicyclic amines) is 1. The summed E-state index contributed by atoms with van der Waals surface area (Å²) in [4.78, 5) is 18.5. The second-order valence-electron chi connectivity index (χ2n) is 7.28. The van der Waals surface area contributed by atoms with E-state index in [9.17, 15) is 9.90 Å². The summed E-state index contributed by atoms with van der Waals surface area (Å²) in [5.41, 5.74) is 13.4. The lowest BCUT2D eigenvalue weighted by atomic mass is 9.88. The summed E-state index contributed by atoms with van der Waals surface area (Å²) < 4.78 is 5.14. The lowest BCUT2D eigenvalue weighted by molar-refractivity contribution is 0.104. The molecule has 0 spiro atoms. The van der Waals surface area contributed by atoms with Gasteiger partial charge in [-0.05, 0) is 67.5 Å². The van der Waals surface area contributed by atoms with Crippen LogP contribution in [0, 0.1) is 0 Å². The molecular formula is C22H25N3O3. The van der Waals surface area contributed by atoms with E-state index in [4.69, 9.17) is 10.5 Å². The number of aromatic nitrogens is 1. The van der Waals surface area contributed by atoms with Gasteiger partial charge in [0.1, 0.15) is 5.75 Å². The number of anilines is 1. The van der Waals surface area contributed by atoms with Crippen molar-refractivity contribution in [3.05, 3.63) is 58.4 Å². The number of ether oxygens (including phenoxy) is 1. The molecule has 0 bridgehead atoms. The minimum absolute atomic E-state index is 0.246. The number of nitrogens with two attached hydrogens (primary N) is 1. The molecule has 1 aliphatic carbocycles. The van der Waals surface area contributed by atoms with Crippen LogP contribution in [0.5, 0.6) is 5.75 Å². The molecule has 3 N–H and O–H groups in total. The zero-order valence-electron chi connectivity index (χ0n) is 16.1. The molecule has 1 amide bonds. The minimum atomic E-state index is -0.246. The molecular weight excluding hydrogens is 354 g/mol. The average molecular weight is 379 g/mol. The fourth-order valence-corrected chi connectivity index (χ4v) is 4.15. The van der Waals surface area contributed by atoms with Gasteiger partial charge in [0.2, 0.25) is 0 Å². The first-order valence-electron chi connectivity index (χ1n) is 9.77. The minimum Gasteiger partial charge on any atom is -0.508 e. The monoisotopic (exact) mass is 379 g/mol. The van der Waals surface area contributed by atoms with Gasteiger partial charge >= 0.3 is 6.09 Å². The number of pyridine rings is 1. The van der Waals surface area contributed by atoms with Crippen molar-refractivity contribution in [1.29, 1.82) is 0 Å². The third-order valence-electron chi connectivity index (χ3n) is 5.49. The molecule has 0 radical (unpaired) electrons. The molecule has 0 atom stereocenters. The van der Waals surface area contributed by atoms with E-state index >= 15 is 0 Å². The molecule has 6 nitrogen and oxygen atoms in total. The number of phenols is 1. The Bertz CT molecular complexity index is 887. The van der Waals surface area contributed by atoms with E-state index in [1.807, 2.05) is 25.1 Å². The lowest BCUT2D eigenvalue weighted by Crippen LogP contribution is -2.37. The van der Waals surface area contributed by atoms with E-state index < -0.39 is 0 Å². The fourth-order valence-electron chi connectivity index (χ4n) is 4.15. The Hall–Kier alpha value is -3.02. The lowest BCUT2D eigenvalue weighted by Gasteiger charge is -2.29. The van der Waals surface area contributed by atoms with Crippen molar-refractivity contribution >= 4 is 17.4 Å². The SMILES string of the molecule is CCOC(=O)N1CCC(=C2c3ccc(O)cc3CCc3cc(N)cnc32)CC1. The normalized spacial score (nSPS) is 16.2. The van der Waals surface area contributed by atoms with E-state index in [-0.39, 0.29) is 11.8 Å². The Morgan fingerprint density at radius 2 is 1.93 bits per heavy atom. The number of carbonyl (C=O) groups is 1. The standard InChI is InChI=1S/C22H25N3O3/c1-2-28-22(27)25-9-7-14(8-10-25)20-19-6-5-18(26)12-15(19)3-4-16-11-17(23)13-24-21(16)20/h5-6,11-13,26H,2-4,7-10,23H2,1H3. The first kappa shape index (κ1) is 18.3. The van der Waals surface area contributed by atoms with E-state index in [1.165, 1.54) is 5.57 Å². The van der Waals surface area contributed by atoms with Gasteiger partial charge in [-0.2, -0.15) is 0 Å². The van der Waals surface area contributed by atoms with Crippen molar-refractivity contribution in [2.75, 3.05) is 25.4 Å². The molecule has 6 heteroatoms. The maximum atomic E-state index is 12.0. The third-order valence-corrected chi connectivity index (χ3v) is 5.49. The summed E-state index contributed by atoms with van der Waals surface area (Å²) in [5, 5.41) is 9.97. The number of hydrogen-bond donors (Lipinski definition) is 2. The smallest absolute Gasteiger partial charge is 0.409 e. The summed E-state index contributed by atoms with van der Waals surface area (Å²) in [6.45, 7) is 3.48. The number of nitrogens with zero attached hydrogens (tertiary/aromatic N) is 2. The Balaban J connectivity index is 1.77. The number of benzene rings is 1. The Labute approximate surface area is 164 Å². The second kappa shape index (κ2) is 7.54. The van der Waals surface area contributed by atoms with Crippen LogP contribution in [0.15, 0.2) is 36.0 Å². The van der Waals surface area contributed by atoms with Crippen molar-refractivity contribution < 1.29 is 14.6 Å². The molecule has 2 aromatic rings. The maximum absolute atomic E-state index is 12.0. The van der Waals surface area contributed by atoms with Gasteiger partial charge in [-0.3, -0.25) is 4.98 Å². The number of phenolic OH excluding ortho intramolecular Hbond substituents is 1. The second-order valence-corrected chi connectivity index (χ2v) is 7.28. The third kappa shape index (κ3) is 3.42. The highest BCUT2D eigenvalue weighted by Crippen LogP contribution is 2.39. The van der Waals surface area contributed by atoms with Crippen LogP contribution in [0.2, 0.25) is 0 Å². The topological polar surface area (TPSA) is 88.7 Å². The predicted octanol–water partition coefficient (Wildman–Crippen LogP) is 3.52. The first-order chi connectivity index (χ1) is 13.6. The first-order valence-corrected chi connectivity index (χ1v) is 9.77. The van der Waals surface area contributed by atoms with E-state index in [0.717, 1.165) is 53.6 Å². The summed E-state index contributed by atoms with van der Waals surface area (Å²) >= 11 is 0. The molecule has 0 unspecified atom stereocenters. The summed E-state index contributed by atoms with van der Waals surface area (Å²) in [5.74, 6) is 0.277. The van der Waals surface area contributed by atoms with Crippen LogP contribution in [-0.4, -0.2) is 40.8 Å². The number of nitrogen functional groups attached to an aromatic ring is 1. The Morgan fingerprint density at radius 3 is 2.68 bits per heavy atom. The molecule has 0 saturated carbocycles. The molecule has 2 aliphatic rings. The largest absolute Gasteiger partial charge is 0.508 e. The van der Waals surface area contributed by atoms with Crippen LogP contribution in [0.25, 0.3) is 5.57 Å². The van der Waals surface area contributed by atoms with Crippen LogP contribution >= 0.6 is 0 Å². The molecule has 2 heterocycles. The van der Waals surface area contributed by atoms with Crippen molar-refractivity contribution in [2.24, 2.45) is 0 Å². The van der Waals surface area contributed by atoms with Gasteiger partial charge in [-0.1, -0.05) is 11.6 Å². The number of piperidine rings is 1. The summed E-state index contributed by atoms with van der Waals surface area (Å²) in [6.07, 6.45) is 4.67. The van der Waals surface area contributed by atoms with Crippen molar-refractivity contribution in [3.63, 3.8) is 0 Å². The average Bonchev–Trinajstić information content (AvgIpc) is 2.84. The highest BCUT2D eigenvalue weighted by atomic mass is 16.6. The van der Waals surface area contributed by atoms with Gasteiger partial charge in [0.15, 0.2) is 0 Å². The van der Waals surface area contributed by atoms with Gasteiger partial charge in [0.25, 0.3) is 0 Å². The van der Waals surface area contributed by atoms with Crippen LogP contribution in [0.4, 0.5) is 10.5 Å². The van der Waals surface area contributed by atoms with Crippen LogP contribution in [0.3, 0.4) is 0 Å². The quantitative estimate of drug-likeness (QED) is 0.791. The van der Waals surface area contributed by atoms with Gasteiger partial charge in [0, 0.05) is 18.7 Å². The van der Waals surface area contributed by atoms with Crippen LogP contribution in [-0.2, 0) is 17.6 Å². The Morgan fingerprint density at radius 1 is 1.18 bits per heavy atom. The van der Waals surface area contributed by atoms with Gasteiger partial charge in [0.05, 0.1) is 24.2 Å². The highest BCUT2D eigenvalue weighted by molar-refractivity contribution is 5.85. The molecule has 1 saturated heterocycles. The van der Waals surface area contributed by atoms with E-state index in [1.54, 1.807) is 17.2 Å². The van der Waals surface area contributed by atoms with Gasteiger partial charge in [-0.15, -0.1) is 0 Å². The van der Waals surface area contributed by atoms with Crippen LogP contribution in [0.1, 0.15) is 42.1 Å². The number of fused-ring (bicyclic) bond motifs is 2. The molecule has 1 aliphatic heterocycles. The zero-order valence-corrected chi connectivity index (χ0v) is 16.1. The summed E-state index contributed by atoms with van der Waals surface area (Å²) in [7, 11) is 0. The van der Waals surface area contributed by atoms with Crippen molar-refractivity contribution in [2.45, 2.75) is 32.6 Å². The molecule has 1 aromatic carbocycles. The highest BCUT2D eigenvalue weighted by Gasteiger charge is 2.27. The molecule has 1 fully saturated rings. The van der Waals surface area contributed by atoms with E-state index in [2.05, 4.69) is 4.98 Å². The number of rotatable bonds is 1. The summed E-state index contributed by atoms with van der Waals surface area (Å²) in [6, 6.07) is 7.56. The number of aryl methyl sites for hydroxylation is 2. The van der Waals surface area contributed by atoms with E-state index in [0.29, 0.717) is 25.4 Å². The predicted molar refractivity (Wildman–Crippen MR) is 108 cm³/mol. The van der Waals surface area contributed by atoms with Crippen molar-refractivity contribution in [1.82, 2.24) is 9.88 Å². The van der Waals surface area contributed by atoms with Crippen LogP contribution < -0.4 is 5.73 Å². The number of hydrogen-bond acceptors (Lipinski definition) is 5. The maximum Gasteiger partial charge on any atom is 0.409 e. The molecule has 4 rings (SSSR count). The number of carbonyl (C=O) groups excluding carboxylic acids is 1.